The molecule has 3 nitrogen and oxygen atoms in total. The highest BCUT2D eigenvalue weighted by Crippen LogP contribution is 2.33. The lowest BCUT2D eigenvalue weighted by Gasteiger charge is -2.07. The number of carbonyl (C=O) groups is 1. The van der Waals surface area contributed by atoms with Crippen molar-refractivity contribution in [2.24, 2.45) is 0 Å². The summed E-state index contributed by atoms with van der Waals surface area (Å²) in [6.07, 6.45) is -0.807. The lowest BCUT2D eigenvalue weighted by atomic mass is 10.3. The van der Waals surface area contributed by atoms with Crippen molar-refractivity contribution in [3.63, 3.8) is 0 Å². The Morgan fingerprint density at radius 2 is 1.88 bits per heavy atom. The Hall–Kier alpha value is -0.710. The van der Waals surface area contributed by atoms with Crippen LogP contribution in [-0.2, 0) is 0 Å². The molecule has 0 aliphatic carbocycles. The van der Waals surface area contributed by atoms with Crippen LogP contribution in [0.15, 0.2) is 12.1 Å². The van der Waals surface area contributed by atoms with Gasteiger partial charge >= 0.3 is 6.09 Å². The average Bonchev–Trinajstić information content (AvgIpc) is 2.23. The van der Waals surface area contributed by atoms with E-state index in [-0.39, 0.29) is 27.4 Å². The van der Waals surface area contributed by atoms with E-state index in [0.717, 1.165) is 0 Å². The molecule has 1 aromatic rings. The summed E-state index contributed by atoms with van der Waals surface area (Å²) >= 11 is 17.2. The Morgan fingerprint density at radius 1 is 1.25 bits per heavy atom. The molecule has 7 heteroatoms. The maximum Gasteiger partial charge on any atom is 0.412 e. The molecule has 1 aromatic carbocycles. The molecule has 0 aromatic heterocycles. The largest absolute Gasteiger partial charge is 0.412 e. The van der Waals surface area contributed by atoms with Crippen molar-refractivity contribution in [2.45, 2.75) is 0 Å². The third kappa shape index (κ3) is 3.70. The van der Waals surface area contributed by atoms with E-state index in [1.54, 1.807) is 0 Å². The first-order valence-corrected chi connectivity index (χ1v) is 5.34. The van der Waals surface area contributed by atoms with Crippen LogP contribution in [-0.4, -0.2) is 19.3 Å². The summed E-state index contributed by atoms with van der Waals surface area (Å²) in [4.78, 5) is 11.1. The number of benzene rings is 1. The van der Waals surface area contributed by atoms with E-state index in [4.69, 9.17) is 39.5 Å². The fourth-order valence-corrected chi connectivity index (χ4v) is 1.44. The van der Waals surface area contributed by atoms with Crippen LogP contribution in [0.3, 0.4) is 0 Å². The van der Waals surface area contributed by atoms with Gasteiger partial charge in [0.15, 0.2) is 5.75 Å². The molecule has 1 amide bonds. The topological polar surface area (TPSA) is 38.3 Å². The standard InChI is InChI=1S/C9H7Cl3FNO2/c10-5-3-7(12)8(4-6(5)11)16-9(15)14-2-1-13/h3-4H,1-2H2,(H,14,15). The Labute approximate surface area is 106 Å². The number of carbonyl (C=O) groups excluding carboxylic acids is 1. The van der Waals surface area contributed by atoms with Crippen LogP contribution in [0.25, 0.3) is 0 Å². The molecule has 0 fully saturated rings. The monoisotopic (exact) mass is 285 g/mol. The molecule has 1 rings (SSSR count). The Balaban J connectivity index is 2.73. The number of halogens is 4. The van der Waals surface area contributed by atoms with Crippen molar-refractivity contribution in [3.8, 4) is 5.75 Å². The van der Waals surface area contributed by atoms with E-state index < -0.39 is 12.8 Å². The zero-order valence-corrected chi connectivity index (χ0v) is 10.2. The van der Waals surface area contributed by atoms with Crippen LogP contribution >= 0.6 is 34.8 Å². The highest BCUT2D eigenvalue weighted by molar-refractivity contribution is 6.43. The number of hydrogen-bond donors (Lipinski definition) is 1. The van der Waals surface area contributed by atoms with Gasteiger partial charge < -0.3 is 10.1 Å². The van der Waals surface area contributed by atoms with Gasteiger partial charge in [-0.3, -0.25) is 0 Å². The summed E-state index contributed by atoms with van der Waals surface area (Å²) in [7, 11) is 0. The van der Waals surface area contributed by atoms with Gasteiger partial charge in [-0.15, -0.1) is 0 Å². The lowest BCUT2D eigenvalue weighted by Crippen LogP contribution is -2.28. The molecule has 0 radical (unpaired) electrons. The van der Waals surface area contributed by atoms with Gasteiger partial charge in [0, 0.05) is 12.6 Å². The first-order valence-electron chi connectivity index (χ1n) is 4.20. The van der Waals surface area contributed by atoms with E-state index in [1.165, 1.54) is 12.1 Å². The number of hydrogen-bond acceptors (Lipinski definition) is 2. The summed E-state index contributed by atoms with van der Waals surface area (Å²) in [5, 5.41) is 2.78. The number of nitrogens with one attached hydrogen (secondary N) is 1. The fraction of sp³-hybridized carbons (Fsp3) is 0.222. The molecule has 0 saturated heterocycles. The van der Waals surface area contributed by atoms with E-state index in [1.807, 2.05) is 0 Å². The third-order valence-electron chi connectivity index (χ3n) is 1.54. The van der Waals surface area contributed by atoms with Gasteiger partial charge in [-0.05, 0) is 6.07 Å². The zero-order chi connectivity index (χ0) is 12.1. The van der Waals surface area contributed by atoms with Crippen molar-refractivity contribution >= 4 is 40.9 Å². The van der Waals surface area contributed by atoms with Crippen LogP contribution in [0.2, 0.25) is 15.1 Å². The van der Waals surface area contributed by atoms with Gasteiger partial charge in [0.1, 0.15) is 6.67 Å². The van der Waals surface area contributed by atoms with Gasteiger partial charge in [0.05, 0.1) is 15.1 Å². The molecular weight excluding hydrogens is 279 g/mol. The highest BCUT2D eigenvalue weighted by Gasteiger charge is 2.10. The van der Waals surface area contributed by atoms with E-state index in [2.05, 4.69) is 5.32 Å². The number of rotatable bonds is 3. The van der Waals surface area contributed by atoms with E-state index >= 15 is 0 Å². The van der Waals surface area contributed by atoms with Crippen LogP contribution in [0.4, 0.5) is 9.18 Å². The minimum absolute atomic E-state index is 0.0624. The Morgan fingerprint density at radius 3 is 2.50 bits per heavy atom. The van der Waals surface area contributed by atoms with Gasteiger partial charge in [0.2, 0.25) is 0 Å². The van der Waals surface area contributed by atoms with Gasteiger partial charge in [-0.25, -0.2) is 9.18 Å². The summed E-state index contributed by atoms with van der Waals surface area (Å²) < 4.78 is 16.5. The molecule has 0 saturated carbocycles. The minimum atomic E-state index is -0.807. The second-order valence-corrected chi connectivity index (χ2v) is 3.92. The number of amides is 1. The third-order valence-corrected chi connectivity index (χ3v) is 2.56. The molecule has 0 aliphatic heterocycles. The average molecular weight is 287 g/mol. The van der Waals surface area contributed by atoms with Crippen LogP contribution in [0, 0.1) is 0 Å². The fourth-order valence-electron chi connectivity index (χ4n) is 0.868. The van der Waals surface area contributed by atoms with E-state index in [9.17, 15) is 9.18 Å². The summed E-state index contributed by atoms with van der Waals surface area (Å²) in [5.74, 6) is 0.0624. The predicted molar refractivity (Wildman–Crippen MR) is 61.5 cm³/mol. The van der Waals surface area contributed by atoms with Crippen molar-refractivity contribution in [3.05, 3.63) is 27.2 Å². The van der Waals surface area contributed by atoms with Crippen LogP contribution in [0.1, 0.15) is 0 Å². The molecule has 0 spiro atoms. The van der Waals surface area contributed by atoms with Crippen molar-refractivity contribution in [1.29, 1.82) is 0 Å². The van der Waals surface area contributed by atoms with Crippen molar-refractivity contribution in [1.82, 2.24) is 5.32 Å². The molecule has 0 bridgehead atoms. The predicted octanol–water partition coefficient (Wildman–Crippen LogP) is 3.70. The Kier molecular flexibility index (Phi) is 5.12. The molecule has 1 N–H and O–H groups in total. The minimum Gasteiger partial charge on any atom is -0.409 e. The first-order chi connectivity index (χ1) is 7.54. The number of alkyl halides is 1. The second-order valence-electron chi connectivity index (χ2n) is 2.70. The quantitative estimate of drug-likeness (QED) is 0.860. The molecule has 0 unspecified atom stereocenters. The summed E-state index contributed by atoms with van der Waals surface area (Å²) in [6, 6.07) is 2.66. The Bertz CT molecular complexity index is 401. The molecule has 0 atom stereocenters. The summed E-state index contributed by atoms with van der Waals surface area (Å²) in [6.45, 7) is -0.804. The zero-order valence-electron chi connectivity index (χ0n) is 7.90. The van der Waals surface area contributed by atoms with Gasteiger partial charge in [-0.2, -0.15) is 0 Å². The normalized spacial score (nSPS) is 10.0. The molecule has 0 aliphatic rings. The van der Waals surface area contributed by atoms with Crippen LogP contribution in [0.5, 0.6) is 5.75 Å². The SMILES string of the molecule is O=C(NCCF)Oc1cc(Cl)c(Cl)cc1Cl. The second kappa shape index (κ2) is 6.13. The maximum absolute atomic E-state index is 11.8. The molecule has 88 valence electrons. The molecule has 16 heavy (non-hydrogen) atoms. The van der Waals surface area contributed by atoms with E-state index in [0.29, 0.717) is 0 Å². The van der Waals surface area contributed by atoms with Gasteiger partial charge in [-0.1, -0.05) is 34.8 Å². The molecular formula is C9H7Cl3FNO2. The number of ether oxygens (including phenoxy) is 1. The van der Waals surface area contributed by atoms with Crippen molar-refractivity contribution in [2.75, 3.05) is 13.2 Å². The van der Waals surface area contributed by atoms with Crippen LogP contribution < -0.4 is 10.1 Å². The van der Waals surface area contributed by atoms with Gasteiger partial charge in [0.25, 0.3) is 0 Å². The lowest BCUT2D eigenvalue weighted by molar-refractivity contribution is 0.199. The maximum atomic E-state index is 11.8. The smallest absolute Gasteiger partial charge is 0.409 e. The van der Waals surface area contributed by atoms with Crippen molar-refractivity contribution < 1.29 is 13.9 Å². The highest BCUT2D eigenvalue weighted by atomic mass is 35.5. The first kappa shape index (κ1) is 13.4. The molecule has 0 heterocycles. The summed E-state index contributed by atoms with van der Waals surface area (Å²) in [5.41, 5.74) is 0.